The Kier molecular flexibility index (Phi) is 4.67. The molecule has 0 spiro atoms. The van der Waals surface area contributed by atoms with E-state index in [1.165, 1.54) is 19.2 Å². The number of nitrogens with two attached hydrogens (primary N) is 1. The van der Waals surface area contributed by atoms with Crippen molar-refractivity contribution in [3.05, 3.63) is 29.0 Å². The Balaban J connectivity index is 1.97. The summed E-state index contributed by atoms with van der Waals surface area (Å²) in [5.41, 5.74) is 6.77. The minimum absolute atomic E-state index is 0.00238. The number of carbonyl (C=O) groups excluding carboxylic acids is 1. The van der Waals surface area contributed by atoms with Crippen LogP contribution in [-0.2, 0) is 4.74 Å². The molecular weight excluding hydrogens is 285 g/mol. The number of ether oxygens (including phenoxy) is 1. The van der Waals surface area contributed by atoms with Gasteiger partial charge in [0.25, 0.3) is 0 Å². The van der Waals surface area contributed by atoms with Crippen LogP contribution in [0, 0.1) is 5.82 Å². The van der Waals surface area contributed by atoms with Gasteiger partial charge in [0.1, 0.15) is 5.82 Å². The third kappa shape index (κ3) is 3.32. The number of carbonyl (C=O) groups is 1. The summed E-state index contributed by atoms with van der Waals surface area (Å²) in [5, 5.41) is 3.29. The molecule has 0 bridgehead atoms. The van der Waals surface area contributed by atoms with Crippen molar-refractivity contribution in [2.75, 3.05) is 25.5 Å². The van der Waals surface area contributed by atoms with Crippen LogP contribution in [0.3, 0.4) is 0 Å². The lowest BCUT2D eigenvalue weighted by molar-refractivity contribution is 0.109. The second-order valence-corrected chi connectivity index (χ2v) is 5.16. The minimum Gasteiger partial charge on any atom is -0.453 e. The van der Waals surface area contributed by atoms with Gasteiger partial charge in [0.15, 0.2) is 0 Å². The molecule has 0 radical (unpaired) electrons. The third-order valence-corrected chi connectivity index (χ3v) is 3.65. The summed E-state index contributed by atoms with van der Waals surface area (Å²) in [6, 6.07) is 4.21. The molecule has 7 heteroatoms. The minimum atomic E-state index is -0.456. The van der Waals surface area contributed by atoms with Gasteiger partial charge < -0.3 is 20.7 Å². The van der Waals surface area contributed by atoms with Gasteiger partial charge in [0.05, 0.1) is 12.1 Å². The fourth-order valence-electron chi connectivity index (χ4n) is 2.26. The lowest BCUT2D eigenvalue weighted by Gasteiger charge is -2.36. The van der Waals surface area contributed by atoms with Gasteiger partial charge >= 0.3 is 6.09 Å². The first-order valence-electron chi connectivity index (χ1n) is 6.31. The number of amides is 1. The third-order valence-electron chi connectivity index (χ3n) is 3.36. The Labute approximate surface area is 121 Å². The normalized spacial score (nSPS) is 22.5. The van der Waals surface area contributed by atoms with Gasteiger partial charge in [-0.1, -0.05) is 11.6 Å². The molecule has 1 aliphatic heterocycles. The molecule has 1 aliphatic rings. The van der Waals surface area contributed by atoms with E-state index in [1.807, 2.05) is 0 Å². The van der Waals surface area contributed by atoms with Crippen molar-refractivity contribution in [2.24, 2.45) is 5.73 Å². The van der Waals surface area contributed by atoms with Crippen molar-refractivity contribution in [3.63, 3.8) is 0 Å². The van der Waals surface area contributed by atoms with E-state index in [1.54, 1.807) is 11.0 Å². The highest BCUT2D eigenvalue weighted by Gasteiger charge is 2.29. The van der Waals surface area contributed by atoms with E-state index in [9.17, 15) is 9.18 Å². The molecule has 20 heavy (non-hydrogen) atoms. The highest BCUT2D eigenvalue weighted by Crippen LogP contribution is 2.22. The molecule has 2 rings (SSSR count). The summed E-state index contributed by atoms with van der Waals surface area (Å²) in [4.78, 5) is 13.0. The highest BCUT2D eigenvalue weighted by atomic mass is 35.5. The molecule has 0 aromatic heterocycles. The Morgan fingerprint density at radius 1 is 1.60 bits per heavy atom. The van der Waals surface area contributed by atoms with Gasteiger partial charge in [-0.3, -0.25) is 0 Å². The number of hydrogen-bond acceptors (Lipinski definition) is 4. The van der Waals surface area contributed by atoms with Crippen LogP contribution in [0.1, 0.15) is 6.42 Å². The summed E-state index contributed by atoms with van der Waals surface area (Å²) in [6.45, 7) is 0.978. The number of anilines is 1. The molecule has 0 saturated carbocycles. The zero-order valence-electron chi connectivity index (χ0n) is 11.1. The second-order valence-electron chi connectivity index (χ2n) is 4.75. The van der Waals surface area contributed by atoms with Crippen molar-refractivity contribution in [3.8, 4) is 0 Å². The molecule has 3 N–H and O–H groups in total. The molecule has 2 unspecified atom stereocenters. The van der Waals surface area contributed by atoms with Crippen LogP contribution in [0.4, 0.5) is 14.9 Å². The number of methoxy groups -OCH3 is 1. The summed E-state index contributed by atoms with van der Waals surface area (Å²) in [7, 11) is 1.35. The number of piperidine rings is 1. The molecule has 110 valence electrons. The average Bonchev–Trinajstić information content (AvgIpc) is 2.44. The van der Waals surface area contributed by atoms with Crippen LogP contribution in [0.15, 0.2) is 18.2 Å². The lowest BCUT2D eigenvalue weighted by Crippen LogP contribution is -2.55. The smallest absolute Gasteiger partial charge is 0.409 e. The predicted molar refractivity (Wildman–Crippen MR) is 75.4 cm³/mol. The number of nitrogens with zero attached hydrogens (tertiary/aromatic N) is 1. The molecule has 1 fully saturated rings. The lowest BCUT2D eigenvalue weighted by atomic mass is 10.00. The van der Waals surface area contributed by atoms with E-state index in [0.717, 1.165) is 0 Å². The van der Waals surface area contributed by atoms with Crippen LogP contribution >= 0.6 is 11.6 Å². The topological polar surface area (TPSA) is 67.6 Å². The monoisotopic (exact) mass is 301 g/mol. The number of rotatable bonds is 2. The van der Waals surface area contributed by atoms with E-state index in [2.05, 4.69) is 10.1 Å². The number of halogens is 2. The van der Waals surface area contributed by atoms with Crippen LogP contribution in [-0.4, -0.2) is 43.3 Å². The average molecular weight is 302 g/mol. The standard InChI is InChI=1S/C13H17ClFN3O2/c1-20-13(19)18-5-4-12(11(16)7-18)17-8-2-3-10(15)9(14)6-8/h2-3,6,11-12,17H,4-5,7,16H2,1H3. The largest absolute Gasteiger partial charge is 0.453 e. The second kappa shape index (κ2) is 6.28. The maximum atomic E-state index is 13.1. The van der Waals surface area contributed by atoms with E-state index in [-0.39, 0.29) is 23.2 Å². The number of likely N-dealkylation sites (tertiary alicyclic amines) is 1. The van der Waals surface area contributed by atoms with Crippen LogP contribution < -0.4 is 11.1 Å². The molecule has 2 atom stereocenters. The molecule has 1 saturated heterocycles. The van der Waals surface area contributed by atoms with Crippen molar-refractivity contribution in [1.82, 2.24) is 4.90 Å². The highest BCUT2D eigenvalue weighted by molar-refractivity contribution is 6.31. The van der Waals surface area contributed by atoms with E-state index < -0.39 is 5.82 Å². The molecule has 1 heterocycles. The molecule has 5 nitrogen and oxygen atoms in total. The number of hydrogen-bond donors (Lipinski definition) is 2. The first-order valence-corrected chi connectivity index (χ1v) is 6.69. The summed E-state index contributed by atoms with van der Waals surface area (Å²) >= 11 is 5.74. The maximum absolute atomic E-state index is 13.1. The first-order chi connectivity index (χ1) is 9.51. The quantitative estimate of drug-likeness (QED) is 0.877. The fraction of sp³-hybridized carbons (Fsp3) is 0.462. The summed E-state index contributed by atoms with van der Waals surface area (Å²) in [6.07, 6.45) is 0.314. The van der Waals surface area contributed by atoms with Crippen LogP contribution in [0.2, 0.25) is 5.02 Å². The van der Waals surface area contributed by atoms with Gasteiger partial charge in [-0.15, -0.1) is 0 Å². The SMILES string of the molecule is COC(=O)N1CCC(Nc2ccc(F)c(Cl)c2)C(N)C1. The van der Waals surface area contributed by atoms with Crippen molar-refractivity contribution in [1.29, 1.82) is 0 Å². The number of benzene rings is 1. The van der Waals surface area contributed by atoms with Gasteiger partial charge in [-0.25, -0.2) is 9.18 Å². The molecule has 1 aromatic rings. The van der Waals surface area contributed by atoms with Crippen molar-refractivity contribution in [2.45, 2.75) is 18.5 Å². The Bertz CT molecular complexity index is 501. The van der Waals surface area contributed by atoms with E-state index >= 15 is 0 Å². The Morgan fingerprint density at radius 2 is 2.35 bits per heavy atom. The van der Waals surface area contributed by atoms with Gasteiger partial charge in [-0.2, -0.15) is 0 Å². The van der Waals surface area contributed by atoms with Crippen LogP contribution in [0.5, 0.6) is 0 Å². The maximum Gasteiger partial charge on any atom is 0.409 e. The zero-order valence-corrected chi connectivity index (χ0v) is 11.9. The summed E-state index contributed by atoms with van der Waals surface area (Å²) in [5.74, 6) is -0.456. The van der Waals surface area contributed by atoms with E-state index in [4.69, 9.17) is 17.3 Å². The molecule has 1 amide bonds. The van der Waals surface area contributed by atoms with Crippen molar-refractivity contribution >= 4 is 23.4 Å². The molecule has 0 aliphatic carbocycles. The van der Waals surface area contributed by atoms with Crippen molar-refractivity contribution < 1.29 is 13.9 Å². The molecular formula is C13H17ClFN3O2. The van der Waals surface area contributed by atoms with Crippen LogP contribution in [0.25, 0.3) is 0 Å². The Morgan fingerprint density at radius 3 is 2.95 bits per heavy atom. The first kappa shape index (κ1) is 14.9. The Hall–Kier alpha value is -1.53. The molecule has 1 aromatic carbocycles. The zero-order chi connectivity index (χ0) is 14.7. The fourth-order valence-corrected chi connectivity index (χ4v) is 2.44. The van der Waals surface area contributed by atoms with Gasteiger partial charge in [-0.05, 0) is 24.6 Å². The summed E-state index contributed by atoms with van der Waals surface area (Å²) < 4.78 is 17.8. The van der Waals surface area contributed by atoms with Gasteiger partial charge in [0.2, 0.25) is 0 Å². The van der Waals surface area contributed by atoms with Gasteiger partial charge in [0, 0.05) is 30.9 Å². The number of nitrogens with one attached hydrogen (secondary N) is 1. The van der Waals surface area contributed by atoms with E-state index in [0.29, 0.717) is 25.2 Å². The predicted octanol–water partition coefficient (Wildman–Crippen LogP) is 2.06.